The standard InChI is InChI=1S/C12H13BrO3/c13-9-3-1-8(2-4-9)12(15)16-11-6-5-10(14)7-11/h1-4,10-11,14H,5-7H2. The third-order valence-electron chi connectivity index (χ3n) is 2.71. The van der Waals surface area contributed by atoms with E-state index < -0.39 is 0 Å². The van der Waals surface area contributed by atoms with Crippen LogP contribution < -0.4 is 0 Å². The summed E-state index contributed by atoms with van der Waals surface area (Å²) in [6.45, 7) is 0. The normalized spacial score (nSPS) is 24.4. The smallest absolute Gasteiger partial charge is 0.338 e. The van der Waals surface area contributed by atoms with Gasteiger partial charge in [0.1, 0.15) is 6.10 Å². The molecule has 0 heterocycles. The average molecular weight is 285 g/mol. The largest absolute Gasteiger partial charge is 0.459 e. The molecular formula is C12H13BrO3. The van der Waals surface area contributed by atoms with Gasteiger partial charge in [0.25, 0.3) is 0 Å². The number of benzene rings is 1. The molecule has 4 heteroatoms. The van der Waals surface area contributed by atoms with Crippen LogP contribution in [0.2, 0.25) is 0 Å². The molecule has 1 saturated carbocycles. The van der Waals surface area contributed by atoms with E-state index in [9.17, 15) is 9.90 Å². The van der Waals surface area contributed by atoms with Gasteiger partial charge >= 0.3 is 5.97 Å². The third kappa shape index (κ3) is 2.83. The van der Waals surface area contributed by atoms with Crippen LogP contribution in [0.15, 0.2) is 28.7 Å². The van der Waals surface area contributed by atoms with E-state index in [1.54, 1.807) is 24.3 Å². The Bertz CT molecular complexity index is 374. The van der Waals surface area contributed by atoms with Crippen molar-refractivity contribution in [2.24, 2.45) is 0 Å². The molecule has 0 aromatic heterocycles. The van der Waals surface area contributed by atoms with Crippen LogP contribution in [-0.2, 0) is 4.74 Å². The minimum atomic E-state index is -0.317. The van der Waals surface area contributed by atoms with Gasteiger partial charge in [-0.25, -0.2) is 4.79 Å². The molecule has 2 atom stereocenters. The highest BCUT2D eigenvalue weighted by atomic mass is 79.9. The van der Waals surface area contributed by atoms with Gasteiger partial charge < -0.3 is 9.84 Å². The third-order valence-corrected chi connectivity index (χ3v) is 3.24. The molecule has 1 aliphatic rings. The predicted molar refractivity (Wildman–Crippen MR) is 63.2 cm³/mol. The molecule has 1 aromatic rings. The maximum Gasteiger partial charge on any atom is 0.338 e. The van der Waals surface area contributed by atoms with Crippen LogP contribution in [0.25, 0.3) is 0 Å². The van der Waals surface area contributed by atoms with Gasteiger partial charge in [0.05, 0.1) is 11.7 Å². The quantitative estimate of drug-likeness (QED) is 0.849. The second kappa shape index (κ2) is 4.97. The number of carbonyl (C=O) groups is 1. The molecule has 1 aliphatic carbocycles. The Labute approximate surface area is 103 Å². The molecule has 1 N–H and O–H groups in total. The van der Waals surface area contributed by atoms with Crippen molar-refractivity contribution < 1.29 is 14.6 Å². The maximum absolute atomic E-state index is 11.7. The van der Waals surface area contributed by atoms with Crippen LogP contribution in [0, 0.1) is 0 Å². The molecule has 16 heavy (non-hydrogen) atoms. The van der Waals surface area contributed by atoms with Gasteiger partial charge in [-0.1, -0.05) is 15.9 Å². The number of aliphatic hydroxyl groups excluding tert-OH is 1. The number of carbonyl (C=O) groups excluding carboxylic acids is 1. The highest BCUT2D eigenvalue weighted by molar-refractivity contribution is 9.10. The molecule has 3 nitrogen and oxygen atoms in total. The van der Waals surface area contributed by atoms with Gasteiger partial charge in [0.2, 0.25) is 0 Å². The summed E-state index contributed by atoms with van der Waals surface area (Å²) in [5.41, 5.74) is 0.546. The van der Waals surface area contributed by atoms with E-state index in [1.807, 2.05) is 0 Å². The van der Waals surface area contributed by atoms with E-state index in [2.05, 4.69) is 15.9 Å². The van der Waals surface area contributed by atoms with Crippen molar-refractivity contribution in [3.8, 4) is 0 Å². The zero-order chi connectivity index (χ0) is 11.5. The lowest BCUT2D eigenvalue weighted by atomic mass is 10.2. The summed E-state index contributed by atoms with van der Waals surface area (Å²) in [5, 5.41) is 9.32. The summed E-state index contributed by atoms with van der Waals surface area (Å²) in [5.74, 6) is -0.313. The molecule has 1 aromatic carbocycles. The van der Waals surface area contributed by atoms with Gasteiger partial charge in [-0.3, -0.25) is 0 Å². The maximum atomic E-state index is 11.7. The number of hydrogen-bond acceptors (Lipinski definition) is 3. The van der Waals surface area contributed by atoms with Crippen molar-refractivity contribution in [1.82, 2.24) is 0 Å². The van der Waals surface area contributed by atoms with Crippen LogP contribution in [-0.4, -0.2) is 23.3 Å². The summed E-state index contributed by atoms with van der Waals surface area (Å²) in [4.78, 5) is 11.7. The molecule has 0 amide bonds. The van der Waals surface area contributed by atoms with Crippen LogP contribution in [0.4, 0.5) is 0 Å². The van der Waals surface area contributed by atoms with Crippen LogP contribution in [0.5, 0.6) is 0 Å². The van der Waals surface area contributed by atoms with Gasteiger partial charge in [-0.2, -0.15) is 0 Å². The van der Waals surface area contributed by atoms with E-state index >= 15 is 0 Å². The first kappa shape index (κ1) is 11.6. The summed E-state index contributed by atoms with van der Waals surface area (Å²) in [6, 6.07) is 7.05. The highest BCUT2D eigenvalue weighted by Gasteiger charge is 2.26. The van der Waals surface area contributed by atoms with E-state index in [0.717, 1.165) is 17.3 Å². The Morgan fingerprint density at radius 2 is 2.00 bits per heavy atom. The Morgan fingerprint density at radius 1 is 1.31 bits per heavy atom. The van der Waals surface area contributed by atoms with E-state index in [0.29, 0.717) is 12.0 Å². The highest BCUT2D eigenvalue weighted by Crippen LogP contribution is 2.23. The predicted octanol–water partition coefficient (Wildman–Crippen LogP) is 2.52. The first-order chi connectivity index (χ1) is 7.65. The average Bonchev–Trinajstić information content (AvgIpc) is 2.65. The van der Waals surface area contributed by atoms with E-state index in [4.69, 9.17) is 4.74 Å². The second-order valence-corrected chi connectivity index (χ2v) is 4.92. The van der Waals surface area contributed by atoms with E-state index in [1.165, 1.54) is 0 Å². The first-order valence-corrected chi connectivity index (χ1v) is 6.09. The molecular weight excluding hydrogens is 272 g/mol. The molecule has 0 spiro atoms. The monoisotopic (exact) mass is 284 g/mol. The molecule has 2 unspecified atom stereocenters. The minimum absolute atomic E-state index is 0.133. The molecule has 0 bridgehead atoms. The van der Waals surface area contributed by atoms with Gasteiger partial charge in [0, 0.05) is 10.9 Å². The van der Waals surface area contributed by atoms with Crippen molar-refractivity contribution in [2.45, 2.75) is 31.5 Å². The van der Waals surface area contributed by atoms with Gasteiger partial charge in [-0.05, 0) is 37.1 Å². The Morgan fingerprint density at radius 3 is 2.56 bits per heavy atom. The molecule has 0 radical (unpaired) electrons. The number of rotatable bonds is 2. The lowest BCUT2D eigenvalue weighted by Crippen LogP contribution is -2.16. The summed E-state index contributed by atoms with van der Waals surface area (Å²) in [6.07, 6.45) is 1.58. The van der Waals surface area contributed by atoms with Gasteiger partial charge in [0.15, 0.2) is 0 Å². The fraction of sp³-hybridized carbons (Fsp3) is 0.417. The number of halogens is 1. The number of ether oxygens (including phenoxy) is 1. The lowest BCUT2D eigenvalue weighted by Gasteiger charge is -2.11. The zero-order valence-corrected chi connectivity index (χ0v) is 10.3. The van der Waals surface area contributed by atoms with Crippen molar-refractivity contribution in [1.29, 1.82) is 0 Å². The topological polar surface area (TPSA) is 46.5 Å². The van der Waals surface area contributed by atoms with Gasteiger partial charge in [-0.15, -0.1) is 0 Å². The Hall–Kier alpha value is -0.870. The molecule has 1 fully saturated rings. The number of esters is 1. The summed E-state index contributed by atoms with van der Waals surface area (Å²) >= 11 is 3.31. The van der Waals surface area contributed by atoms with Crippen LogP contribution >= 0.6 is 15.9 Å². The number of hydrogen-bond donors (Lipinski definition) is 1. The number of aliphatic hydroxyl groups is 1. The minimum Gasteiger partial charge on any atom is -0.459 e. The van der Waals surface area contributed by atoms with Crippen molar-refractivity contribution in [3.63, 3.8) is 0 Å². The van der Waals surface area contributed by atoms with E-state index in [-0.39, 0.29) is 18.2 Å². The molecule has 0 aliphatic heterocycles. The Kier molecular flexibility index (Phi) is 3.61. The lowest BCUT2D eigenvalue weighted by molar-refractivity contribution is 0.0287. The Balaban J connectivity index is 1.95. The van der Waals surface area contributed by atoms with Crippen molar-refractivity contribution in [2.75, 3.05) is 0 Å². The van der Waals surface area contributed by atoms with Crippen molar-refractivity contribution >= 4 is 21.9 Å². The first-order valence-electron chi connectivity index (χ1n) is 5.30. The second-order valence-electron chi connectivity index (χ2n) is 4.00. The zero-order valence-electron chi connectivity index (χ0n) is 8.73. The van der Waals surface area contributed by atoms with Crippen molar-refractivity contribution in [3.05, 3.63) is 34.3 Å². The molecule has 0 saturated heterocycles. The molecule has 2 rings (SSSR count). The summed E-state index contributed by atoms with van der Waals surface area (Å²) in [7, 11) is 0. The fourth-order valence-corrected chi connectivity index (χ4v) is 2.09. The van der Waals surface area contributed by atoms with Crippen LogP contribution in [0.1, 0.15) is 29.6 Å². The van der Waals surface area contributed by atoms with Crippen LogP contribution in [0.3, 0.4) is 0 Å². The molecule has 86 valence electrons. The SMILES string of the molecule is O=C(OC1CCC(O)C1)c1ccc(Br)cc1. The summed E-state index contributed by atoms with van der Waals surface area (Å²) < 4.78 is 6.22. The fourth-order valence-electron chi connectivity index (χ4n) is 1.83.